The minimum absolute atomic E-state index is 0.245. The van der Waals surface area contributed by atoms with Gasteiger partial charge >= 0.3 is 0 Å². The molecule has 0 saturated carbocycles. The van der Waals surface area contributed by atoms with Crippen molar-refractivity contribution in [1.29, 1.82) is 0 Å². The van der Waals surface area contributed by atoms with Gasteiger partial charge in [-0.05, 0) is 32.4 Å². The number of morpholine rings is 1. The molecule has 1 amide bonds. The number of rotatable bonds is 5. The van der Waals surface area contributed by atoms with E-state index in [1.807, 2.05) is 4.90 Å². The molecule has 1 aromatic heterocycles. The topological polar surface area (TPSA) is 87.8 Å². The summed E-state index contributed by atoms with van der Waals surface area (Å²) in [4.78, 5) is 27.7. The van der Waals surface area contributed by atoms with Crippen LogP contribution in [-0.4, -0.2) is 89.6 Å². The molecule has 2 fully saturated rings. The summed E-state index contributed by atoms with van der Waals surface area (Å²) in [6.45, 7) is 6.02. The van der Waals surface area contributed by atoms with Gasteiger partial charge in [0.2, 0.25) is 5.91 Å². The predicted octanol–water partition coefficient (Wildman–Crippen LogP) is 0.204. The fraction of sp³-hybridized carbons (Fsp3) is 0.722. The van der Waals surface area contributed by atoms with Crippen LogP contribution in [0.5, 0.6) is 0 Å². The summed E-state index contributed by atoms with van der Waals surface area (Å²) in [5.41, 5.74) is 5.74. The van der Waals surface area contributed by atoms with Crippen molar-refractivity contribution in [3.05, 3.63) is 18.1 Å². The molecule has 3 heterocycles. The van der Waals surface area contributed by atoms with Gasteiger partial charge in [0.15, 0.2) is 0 Å². The van der Waals surface area contributed by atoms with Crippen LogP contribution >= 0.6 is 0 Å². The van der Waals surface area contributed by atoms with Gasteiger partial charge in [-0.15, -0.1) is 0 Å². The number of aromatic nitrogens is 2. The van der Waals surface area contributed by atoms with Gasteiger partial charge < -0.3 is 15.4 Å². The Bertz CT molecular complexity index is 593. The normalized spacial score (nSPS) is 22.4. The quantitative estimate of drug-likeness (QED) is 0.801. The van der Waals surface area contributed by atoms with Crippen LogP contribution in [0, 0.1) is 0 Å². The zero-order valence-electron chi connectivity index (χ0n) is 15.6. The van der Waals surface area contributed by atoms with Crippen molar-refractivity contribution >= 4 is 11.7 Å². The number of nitrogens with zero attached hydrogens (tertiary/aromatic N) is 5. The summed E-state index contributed by atoms with van der Waals surface area (Å²) >= 11 is 0. The molecule has 1 aromatic rings. The van der Waals surface area contributed by atoms with E-state index in [0.29, 0.717) is 24.9 Å². The maximum Gasteiger partial charge on any atom is 0.236 e. The molecule has 8 heteroatoms. The first-order valence-electron chi connectivity index (χ1n) is 9.47. The molecule has 8 nitrogen and oxygen atoms in total. The number of carbonyl (C=O) groups is 1. The number of hydrogen-bond acceptors (Lipinski definition) is 7. The summed E-state index contributed by atoms with van der Waals surface area (Å²) in [6.07, 6.45) is 4.79. The molecule has 144 valence electrons. The maximum atomic E-state index is 12.6. The molecule has 0 spiro atoms. The minimum atomic E-state index is 0.245. The highest BCUT2D eigenvalue weighted by Crippen LogP contribution is 2.17. The summed E-state index contributed by atoms with van der Waals surface area (Å²) in [7, 11) is 2.10. The highest BCUT2D eigenvalue weighted by Gasteiger charge is 2.25. The number of nitrogen functional groups attached to an aromatic ring is 1. The van der Waals surface area contributed by atoms with E-state index >= 15 is 0 Å². The van der Waals surface area contributed by atoms with Crippen LogP contribution in [0.2, 0.25) is 0 Å². The van der Waals surface area contributed by atoms with Crippen LogP contribution in [0.4, 0.5) is 5.82 Å². The fourth-order valence-corrected chi connectivity index (χ4v) is 3.66. The van der Waals surface area contributed by atoms with Crippen LogP contribution in [0.25, 0.3) is 0 Å². The molecule has 0 aliphatic carbocycles. The smallest absolute Gasteiger partial charge is 0.236 e. The number of ether oxygens (including phenoxy) is 1. The first-order chi connectivity index (χ1) is 12.6. The maximum absolute atomic E-state index is 12.6. The van der Waals surface area contributed by atoms with Crippen LogP contribution in [0.3, 0.4) is 0 Å². The molecule has 2 aliphatic rings. The van der Waals surface area contributed by atoms with E-state index in [1.165, 1.54) is 0 Å². The van der Waals surface area contributed by atoms with Gasteiger partial charge in [0.05, 0.1) is 26.3 Å². The van der Waals surface area contributed by atoms with Crippen LogP contribution in [0.1, 0.15) is 25.1 Å². The standard InChI is InChI=1S/C18H30N6O2/c1-22(13-17-20-6-4-16(19)21-17)15-3-2-7-24(8-5-15)18(25)14-23-9-11-26-12-10-23/h4,6,15H,2-3,5,7-14H2,1H3,(H2,19,20,21)/t15-/m0/s1. The van der Waals surface area contributed by atoms with Gasteiger partial charge in [0, 0.05) is 38.4 Å². The minimum Gasteiger partial charge on any atom is -0.384 e. The summed E-state index contributed by atoms with van der Waals surface area (Å²) < 4.78 is 5.35. The third kappa shape index (κ3) is 5.36. The summed E-state index contributed by atoms with van der Waals surface area (Å²) in [5, 5.41) is 0. The third-order valence-corrected chi connectivity index (χ3v) is 5.25. The molecule has 0 bridgehead atoms. The number of nitrogens with two attached hydrogens (primary N) is 1. The van der Waals surface area contributed by atoms with E-state index in [9.17, 15) is 4.79 Å². The van der Waals surface area contributed by atoms with E-state index in [4.69, 9.17) is 10.5 Å². The van der Waals surface area contributed by atoms with Crippen molar-refractivity contribution in [3.63, 3.8) is 0 Å². The molecule has 2 saturated heterocycles. The Labute approximate surface area is 155 Å². The highest BCUT2D eigenvalue weighted by molar-refractivity contribution is 5.78. The first-order valence-corrected chi connectivity index (χ1v) is 9.47. The average Bonchev–Trinajstić information content (AvgIpc) is 2.89. The Morgan fingerprint density at radius 3 is 2.88 bits per heavy atom. The Balaban J connectivity index is 1.48. The molecule has 26 heavy (non-hydrogen) atoms. The molecular weight excluding hydrogens is 332 g/mol. The number of anilines is 1. The van der Waals surface area contributed by atoms with Crippen molar-refractivity contribution in [2.75, 3.05) is 58.7 Å². The SMILES string of the molecule is CN(Cc1nccc(N)n1)[C@H]1CCCN(C(=O)CN2CCOCC2)CC1. The highest BCUT2D eigenvalue weighted by atomic mass is 16.5. The zero-order chi connectivity index (χ0) is 18.4. The second-order valence-corrected chi connectivity index (χ2v) is 7.17. The van der Waals surface area contributed by atoms with Crippen molar-refractivity contribution in [1.82, 2.24) is 24.7 Å². The third-order valence-electron chi connectivity index (χ3n) is 5.25. The Kier molecular flexibility index (Phi) is 6.76. The van der Waals surface area contributed by atoms with E-state index in [2.05, 4.69) is 26.8 Å². The van der Waals surface area contributed by atoms with Gasteiger partial charge in [-0.1, -0.05) is 0 Å². The number of carbonyl (C=O) groups excluding carboxylic acids is 1. The Morgan fingerprint density at radius 1 is 1.31 bits per heavy atom. The molecule has 0 unspecified atom stereocenters. The van der Waals surface area contributed by atoms with Crippen molar-refractivity contribution in [2.45, 2.75) is 31.8 Å². The van der Waals surface area contributed by atoms with Gasteiger partial charge in [-0.3, -0.25) is 14.6 Å². The zero-order valence-corrected chi connectivity index (χ0v) is 15.6. The lowest BCUT2D eigenvalue weighted by atomic mass is 10.1. The number of likely N-dealkylation sites (tertiary alicyclic amines) is 1. The lowest BCUT2D eigenvalue weighted by Gasteiger charge is -2.29. The van der Waals surface area contributed by atoms with Crippen LogP contribution in [-0.2, 0) is 16.1 Å². The van der Waals surface area contributed by atoms with Crippen molar-refractivity contribution < 1.29 is 9.53 Å². The number of amides is 1. The van der Waals surface area contributed by atoms with Crippen molar-refractivity contribution in [2.24, 2.45) is 0 Å². The Hall–Kier alpha value is -1.77. The van der Waals surface area contributed by atoms with Crippen LogP contribution < -0.4 is 5.73 Å². The van der Waals surface area contributed by atoms with E-state index in [0.717, 1.165) is 64.5 Å². The van der Waals surface area contributed by atoms with E-state index < -0.39 is 0 Å². The van der Waals surface area contributed by atoms with Gasteiger partial charge in [0.1, 0.15) is 11.6 Å². The fourth-order valence-electron chi connectivity index (χ4n) is 3.66. The second-order valence-electron chi connectivity index (χ2n) is 7.17. The predicted molar refractivity (Wildman–Crippen MR) is 99.4 cm³/mol. The monoisotopic (exact) mass is 362 g/mol. The number of hydrogen-bond donors (Lipinski definition) is 1. The largest absolute Gasteiger partial charge is 0.384 e. The van der Waals surface area contributed by atoms with Crippen LogP contribution in [0.15, 0.2) is 12.3 Å². The lowest BCUT2D eigenvalue weighted by Crippen LogP contribution is -2.45. The molecule has 0 aromatic carbocycles. The van der Waals surface area contributed by atoms with E-state index in [1.54, 1.807) is 12.3 Å². The van der Waals surface area contributed by atoms with Crippen molar-refractivity contribution in [3.8, 4) is 0 Å². The molecule has 1 atom stereocenters. The lowest BCUT2D eigenvalue weighted by molar-refractivity contribution is -0.133. The Morgan fingerprint density at radius 2 is 2.12 bits per heavy atom. The first kappa shape index (κ1) is 19.0. The molecule has 2 N–H and O–H groups in total. The second kappa shape index (κ2) is 9.25. The van der Waals surface area contributed by atoms with Gasteiger partial charge in [-0.25, -0.2) is 9.97 Å². The molecule has 3 rings (SSSR count). The van der Waals surface area contributed by atoms with Gasteiger partial charge in [0.25, 0.3) is 0 Å². The molecule has 0 radical (unpaired) electrons. The average molecular weight is 362 g/mol. The summed E-state index contributed by atoms with van der Waals surface area (Å²) in [6, 6.07) is 2.13. The van der Waals surface area contributed by atoms with E-state index in [-0.39, 0.29) is 5.91 Å². The summed E-state index contributed by atoms with van der Waals surface area (Å²) in [5.74, 6) is 1.50. The molecule has 2 aliphatic heterocycles. The molecular formula is C18H30N6O2. The van der Waals surface area contributed by atoms with Gasteiger partial charge in [-0.2, -0.15) is 0 Å².